The van der Waals surface area contributed by atoms with Crippen molar-refractivity contribution >= 4 is 0 Å². The number of hydrogen-bond acceptors (Lipinski definition) is 6. The third kappa shape index (κ3) is 2.82. The SMILES string of the molecule is CN1C[C@@H]2C[C@@]1(C)C[C@H]2Oc1ccc(-c2ccc(-n3ccnc3)cc2O)nn1. The monoisotopic (exact) mass is 377 g/mol. The highest BCUT2D eigenvalue weighted by Gasteiger charge is 2.52. The quantitative estimate of drug-likeness (QED) is 0.753. The molecule has 3 aromatic rings. The van der Waals surface area contributed by atoms with Gasteiger partial charge in [-0.3, -0.25) is 0 Å². The van der Waals surface area contributed by atoms with Gasteiger partial charge in [-0.2, -0.15) is 0 Å². The number of imidazole rings is 1. The summed E-state index contributed by atoms with van der Waals surface area (Å²) in [5.41, 5.74) is 2.32. The summed E-state index contributed by atoms with van der Waals surface area (Å²) < 4.78 is 7.97. The van der Waals surface area contributed by atoms with Gasteiger partial charge in [0.25, 0.3) is 0 Å². The Balaban J connectivity index is 1.32. The molecule has 1 N–H and O–H groups in total. The van der Waals surface area contributed by atoms with Crippen molar-refractivity contribution < 1.29 is 9.84 Å². The second kappa shape index (κ2) is 6.31. The van der Waals surface area contributed by atoms with Gasteiger partial charge >= 0.3 is 0 Å². The van der Waals surface area contributed by atoms with Gasteiger partial charge in [0, 0.05) is 54.5 Å². The number of aromatic nitrogens is 4. The van der Waals surface area contributed by atoms with Crippen LogP contribution in [0.25, 0.3) is 16.9 Å². The van der Waals surface area contributed by atoms with Gasteiger partial charge in [0.05, 0.1) is 17.7 Å². The topological polar surface area (TPSA) is 76.3 Å². The van der Waals surface area contributed by atoms with Gasteiger partial charge in [-0.15, -0.1) is 10.2 Å². The Morgan fingerprint density at radius 1 is 1.18 bits per heavy atom. The first kappa shape index (κ1) is 17.2. The third-order valence-electron chi connectivity index (χ3n) is 6.27. The number of ether oxygens (including phenoxy) is 1. The van der Waals surface area contributed by atoms with Crippen molar-refractivity contribution in [1.82, 2.24) is 24.6 Å². The molecule has 0 radical (unpaired) electrons. The van der Waals surface area contributed by atoms with Crippen LogP contribution in [0.4, 0.5) is 0 Å². The summed E-state index contributed by atoms with van der Waals surface area (Å²) in [5.74, 6) is 1.25. The second-order valence-corrected chi connectivity index (χ2v) is 8.13. The maximum Gasteiger partial charge on any atom is 0.233 e. The first-order valence-electron chi connectivity index (χ1n) is 9.55. The highest BCUT2D eigenvalue weighted by molar-refractivity contribution is 5.68. The Hall–Kier alpha value is -2.93. The molecule has 7 heteroatoms. The molecule has 2 bridgehead atoms. The molecule has 3 heterocycles. The number of benzene rings is 1. The average Bonchev–Trinajstić information content (AvgIpc) is 3.38. The van der Waals surface area contributed by atoms with Crippen LogP contribution in [0.15, 0.2) is 49.1 Å². The zero-order valence-corrected chi connectivity index (χ0v) is 16.0. The Labute approximate surface area is 163 Å². The van der Waals surface area contributed by atoms with E-state index < -0.39 is 0 Å². The van der Waals surface area contributed by atoms with Crippen LogP contribution in [0, 0.1) is 5.92 Å². The molecule has 2 fully saturated rings. The van der Waals surface area contributed by atoms with Crippen molar-refractivity contribution in [3.05, 3.63) is 49.1 Å². The summed E-state index contributed by atoms with van der Waals surface area (Å²) in [6, 6.07) is 9.12. The van der Waals surface area contributed by atoms with Gasteiger partial charge < -0.3 is 19.3 Å². The number of nitrogens with zero attached hydrogens (tertiary/aromatic N) is 5. The van der Waals surface area contributed by atoms with Gasteiger partial charge in [0.1, 0.15) is 11.9 Å². The van der Waals surface area contributed by atoms with E-state index in [1.807, 2.05) is 35.0 Å². The van der Waals surface area contributed by atoms with E-state index in [-0.39, 0.29) is 17.4 Å². The number of phenolic OH excluding ortho intramolecular Hbond substituents is 1. The van der Waals surface area contributed by atoms with E-state index in [0.29, 0.717) is 23.1 Å². The lowest BCUT2D eigenvalue weighted by atomic mass is 10.00. The fourth-order valence-corrected chi connectivity index (χ4v) is 4.57. The van der Waals surface area contributed by atoms with Crippen molar-refractivity contribution in [1.29, 1.82) is 0 Å². The number of hydrogen-bond donors (Lipinski definition) is 1. The number of likely N-dealkylation sites (tertiary alicyclic amines) is 1. The molecule has 1 saturated carbocycles. The number of aromatic hydroxyl groups is 1. The maximum absolute atomic E-state index is 10.4. The minimum absolute atomic E-state index is 0.151. The molecular weight excluding hydrogens is 354 g/mol. The van der Waals surface area contributed by atoms with Gasteiger partial charge in [0.15, 0.2) is 0 Å². The van der Waals surface area contributed by atoms with E-state index in [2.05, 4.69) is 34.1 Å². The molecule has 2 aromatic heterocycles. The molecule has 28 heavy (non-hydrogen) atoms. The van der Waals surface area contributed by atoms with Crippen LogP contribution in [0.3, 0.4) is 0 Å². The highest BCUT2D eigenvalue weighted by Crippen LogP contribution is 2.46. The lowest BCUT2D eigenvalue weighted by Gasteiger charge is -2.35. The Morgan fingerprint density at radius 3 is 2.68 bits per heavy atom. The standard InChI is InChI=1S/C21H23N5O2/c1-21-10-14(12-25(21)2)19(11-21)28-20-6-5-17(23-24-20)16-4-3-15(9-18(16)27)26-8-7-22-13-26/h3-9,13-14,19,27H,10-12H2,1-2H3/t14-,19+,21-/m0/s1. The summed E-state index contributed by atoms with van der Waals surface area (Å²) in [6.07, 6.45) is 7.61. The van der Waals surface area contributed by atoms with Crippen LogP contribution in [-0.2, 0) is 0 Å². The van der Waals surface area contributed by atoms with Crippen LogP contribution < -0.4 is 4.74 Å². The number of piperidine rings is 1. The minimum Gasteiger partial charge on any atom is -0.507 e. The molecule has 0 spiro atoms. The molecule has 0 amide bonds. The van der Waals surface area contributed by atoms with Crippen molar-refractivity contribution in [3.8, 4) is 28.6 Å². The largest absolute Gasteiger partial charge is 0.507 e. The molecule has 7 nitrogen and oxygen atoms in total. The average molecular weight is 377 g/mol. The number of rotatable bonds is 4. The van der Waals surface area contributed by atoms with Gasteiger partial charge in [-0.05, 0) is 38.6 Å². The zero-order chi connectivity index (χ0) is 19.3. The summed E-state index contributed by atoms with van der Waals surface area (Å²) in [6.45, 7) is 3.38. The predicted octanol–water partition coefficient (Wildman–Crippen LogP) is 2.90. The van der Waals surface area contributed by atoms with Crippen molar-refractivity contribution in [2.24, 2.45) is 5.92 Å². The summed E-state index contributed by atoms with van der Waals surface area (Å²) >= 11 is 0. The van der Waals surface area contributed by atoms with Crippen LogP contribution in [0.2, 0.25) is 0 Å². The number of phenols is 1. The Morgan fingerprint density at radius 2 is 2.07 bits per heavy atom. The van der Waals surface area contributed by atoms with Crippen molar-refractivity contribution in [3.63, 3.8) is 0 Å². The van der Waals surface area contributed by atoms with Crippen molar-refractivity contribution in [2.45, 2.75) is 31.4 Å². The van der Waals surface area contributed by atoms with E-state index in [9.17, 15) is 5.11 Å². The van der Waals surface area contributed by atoms with Crippen LogP contribution in [-0.4, -0.2) is 55.0 Å². The lowest BCUT2D eigenvalue weighted by molar-refractivity contribution is 0.0690. The van der Waals surface area contributed by atoms with E-state index in [0.717, 1.165) is 18.7 Å². The summed E-state index contributed by atoms with van der Waals surface area (Å²) in [7, 11) is 2.19. The second-order valence-electron chi connectivity index (χ2n) is 8.13. The molecule has 2 aliphatic rings. The minimum atomic E-state index is 0.151. The lowest BCUT2D eigenvalue weighted by Crippen LogP contribution is -2.44. The fraction of sp³-hybridized carbons (Fsp3) is 0.381. The van der Waals surface area contributed by atoms with Gasteiger partial charge in [-0.1, -0.05) is 0 Å². The number of fused-ring (bicyclic) bond motifs is 2. The zero-order valence-electron chi connectivity index (χ0n) is 16.0. The smallest absolute Gasteiger partial charge is 0.233 e. The maximum atomic E-state index is 10.4. The van der Waals surface area contributed by atoms with E-state index in [1.165, 1.54) is 6.42 Å². The van der Waals surface area contributed by atoms with E-state index in [4.69, 9.17) is 4.74 Å². The molecule has 1 saturated heterocycles. The Bertz CT molecular complexity index is 989. The molecular formula is C21H23N5O2. The van der Waals surface area contributed by atoms with Crippen LogP contribution in [0.1, 0.15) is 19.8 Å². The predicted molar refractivity (Wildman–Crippen MR) is 104 cm³/mol. The van der Waals surface area contributed by atoms with Crippen LogP contribution in [0.5, 0.6) is 11.6 Å². The highest BCUT2D eigenvalue weighted by atomic mass is 16.5. The third-order valence-corrected chi connectivity index (χ3v) is 6.27. The molecule has 1 aromatic carbocycles. The molecule has 5 rings (SSSR count). The van der Waals surface area contributed by atoms with Gasteiger partial charge in [0.2, 0.25) is 5.88 Å². The normalized spacial score (nSPS) is 26.6. The Kier molecular flexibility index (Phi) is 3.87. The van der Waals surface area contributed by atoms with E-state index >= 15 is 0 Å². The molecule has 1 aliphatic carbocycles. The molecule has 144 valence electrons. The molecule has 1 aliphatic heterocycles. The summed E-state index contributed by atoms with van der Waals surface area (Å²) in [5, 5.41) is 18.9. The van der Waals surface area contributed by atoms with Crippen LogP contribution >= 0.6 is 0 Å². The fourth-order valence-electron chi connectivity index (χ4n) is 4.57. The molecule has 0 unspecified atom stereocenters. The summed E-state index contributed by atoms with van der Waals surface area (Å²) in [4.78, 5) is 6.46. The van der Waals surface area contributed by atoms with Gasteiger partial charge in [-0.25, -0.2) is 4.98 Å². The van der Waals surface area contributed by atoms with E-state index in [1.54, 1.807) is 18.6 Å². The first-order chi connectivity index (χ1) is 13.5. The van der Waals surface area contributed by atoms with Crippen molar-refractivity contribution in [2.75, 3.05) is 13.6 Å². The molecule has 3 atom stereocenters. The first-order valence-corrected chi connectivity index (χ1v) is 9.55.